The first kappa shape index (κ1) is 28.1. The SMILES string of the molecule is CCOc1ccc(N(CC(=O)Nc2ccc(Cl)c(C(F)(F)F)c2)S(=O)(=O)c2cc(C)ccc2OC)cc1. The van der Waals surface area contributed by atoms with Crippen LogP contribution in [0.2, 0.25) is 5.02 Å². The van der Waals surface area contributed by atoms with Gasteiger partial charge in [0, 0.05) is 5.69 Å². The van der Waals surface area contributed by atoms with Gasteiger partial charge in [-0.15, -0.1) is 0 Å². The van der Waals surface area contributed by atoms with Gasteiger partial charge < -0.3 is 14.8 Å². The van der Waals surface area contributed by atoms with Gasteiger partial charge in [0.2, 0.25) is 5.91 Å². The second-order valence-electron chi connectivity index (χ2n) is 7.83. The fourth-order valence-electron chi connectivity index (χ4n) is 3.45. The van der Waals surface area contributed by atoms with E-state index in [2.05, 4.69) is 5.32 Å². The van der Waals surface area contributed by atoms with Crippen molar-refractivity contribution in [2.45, 2.75) is 24.9 Å². The number of sulfonamides is 1. The number of aryl methyl sites for hydroxylation is 1. The number of rotatable bonds is 9. The predicted molar refractivity (Wildman–Crippen MR) is 135 cm³/mol. The lowest BCUT2D eigenvalue weighted by Gasteiger charge is -2.25. The van der Waals surface area contributed by atoms with E-state index in [1.54, 1.807) is 32.0 Å². The number of carbonyl (C=O) groups is 1. The van der Waals surface area contributed by atoms with Crippen LogP contribution in [-0.4, -0.2) is 34.6 Å². The minimum atomic E-state index is -4.74. The Morgan fingerprint density at radius 1 is 1.05 bits per heavy atom. The minimum absolute atomic E-state index is 0.0643. The standard InChI is InChI=1S/C25H24ClF3N2O5S/c1-4-36-19-9-7-18(8-10-19)31(37(33,34)23-13-16(2)5-12-22(23)35-3)15-24(32)30-17-6-11-21(26)20(14-17)25(27,28)29/h5-14H,4,15H2,1-3H3,(H,30,32). The molecule has 0 unspecified atom stereocenters. The van der Waals surface area contributed by atoms with Crippen molar-refractivity contribution in [2.75, 3.05) is 29.9 Å². The van der Waals surface area contributed by atoms with E-state index < -0.39 is 39.2 Å². The zero-order valence-corrected chi connectivity index (χ0v) is 21.7. The van der Waals surface area contributed by atoms with Crippen molar-refractivity contribution in [1.82, 2.24) is 0 Å². The Kier molecular flexibility index (Phi) is 8.60. The van der Waals surface area contributed by atoms with Crippen LogP contribution in [0.1, 0.15) is 18.1 Å². The highest BCUT2D eigenvalue weighted by molar-refractivity contribution is 7.93. The molecule has 3 rings (SSSR count). The summed E-state index contributed by atoms with van der Waals surface area (Å²) in [5.74, 6) is -0.323. The lowest BCUT2D eigenvalue weighted by atomic mass is 10.2. The highest BCUT2D eigenvalue weighted by atomic mass is 35.5. The van der Waals surface area contributed by atoms with Crippen LogP contribution < -0.4 is 19.1 Å². The van der Waals surface area contributed by atoms with Crippen LogP contribution in [-0.2, 0) is 21.0 Å². The quantitative estimate of drug-likeness (QED) is 0.354. The van der Waals surface area contributed by atoms with Crippen LogP contribution in [0.4, 0.5) is 24.5 Å². The van der Waals surface area contributed by atoms with Gasteiger partial charge in [0.15, 0.2) is 0 Å². The first-order valence-electron chi connectivity index (χ1n) is 10.9. The van der Waals surface area contributed by atoms with E-state index in [1.165, 1.54) is 37.4 Å². The molecule has 0 bridgehead atoms. The van der Waals surface area contributed by atoms with E-state index in [0.717, 1.165) is 10.4 Å². The lowest BCUT2D eigenvalue weighted by Crippen LogP contribution is -2.38. The summed E-state index contributed by atoms with van der Waals surface area (Å²) in [4.78, 5) is 12.7. The number of nitrogens with zero attached hydrogens (tertiary/aromatic N) is 1. The highest BCUT2D eigenvalue weighted by Crippen LogP contribution is 2.36. The van der Waals surface area contributed by atoms with Crippen LogP contribution in [0.3, 0.4) is 0 Å². The number of amides is 1. The van der Waals surface area contributed by atoms with Crippen molar-refractivity contribution < 1.29 is 35.9 Å². The molecule has 0 aliphatic heterocycles. The van der Waals surface area contributed by atoms with Gasteiger partial charge in [-0.1, -0.05) is 17.7 Å². The molecule has 0 saturated heterocycles. The largest absolute Gasteiger partial charge is 0.495 e. The van der Waals surface area contributed by atoms with Gasteiger partial charge in [-0.25, -0.2) is 8.42 Å². The Labute approximate surface area is 217 Å². The molecule has 0 aliphatic carbocycles. The number of nitrogens with one attached hydrogen (secondary N) is 1. The third-order valence-corrected chi connectivity index (χ3v) is 7.29. The van der Waals surface area contributed by atoms with Gasteiger partial charge in [-0.05, 0) is 74.0 Å². The molecule has 0 radical (unpaired) electrons. The molecule has 0 atom stereocenters. The molecule has 0 saturated carbocycles. The van der Waals surface area contributed by atoms with Crippen LogP contribution in [0.5, 0.6) is 11.5 Å². The van der Waals surface area contributed by atoms with Gasteiger partial charge in [0.25, 0.3) is 10.0 Å². The molecule has 198 valence electrons. The molecular weight excluding hydrogens is 533 g/mol. The number of anilines is 2. The second-order valence-corrected chi connectivity index (χ2v) is 10.1. The zero-order chi connectivity index (χ0) is 27.4. The maximum atomic E-state index is 13.8. The fraction of sp³-hybridized carbons (Fsp3) is 0.240. The third-order valence-electron chi connectivity index (χ3n) is 5.17. The molecule has 12 heteroatoms. The Morgan fingerprint density at radius 3 is 2.32 bits per heavy atom. The Morgan fingerprint density at radius 2 is 1.73 bits per heavy atom. The zero-order valence-electron chi connectivity index (χ0n) is 20.1. The fourth-order valence-corrected chi connectivity index (χ4v) is 5.33. The predicted octanol–water partition coefficient (Wildman–Crippen LogP) is 5.91. The maximum absolute atomic E-state index is 13.8. The summed E-state index contributed by atoms with van der Waals surface area (Å²) in [5.41, 5.74) is -0.558. The summed E-state index contributed by atoms with van der Waals surface area (Å²) in [6.45, 7) is 3.15. The molecular formula is C25H24ClF3N2O5S. The van der Waals surface area contributed by atoms with Crippen LogP contribution >= 0.6 is 11.6 Å². The monoisotopic (exact) mass is 556 g/mol. The van der Waals surface area contributed by atoms with Gasteiger partial charge in [0.1, 0.15) is 22.9 Å². The molecule has 0 fully saturated rings. The van der Waals surface area contributed by atoms with E-state index in [0.29, 0.717) is 24.0 Å². The number of methoxy groups -OCH3 is 1. The van der Waals surface area contributed by atoms with E-state index in [-0.39, 0.29) is 22.0 Å². The van der Waals surface area contributed by atoms with Crippen molar-refractivity contribution in [3.8, 4) is 11.5 Å². The first-order valence-corrected chi connectivity index (χ1v) is 12.8. The molecule has 0 aromatic heterocycles. The maximum Gasteiger partial charge on any atom is 0.417 e. The van der Waals surface area contributed by atoms with E-state index >= 15 is 0 Å². The van der Waals surface area contributed by atoms with Gasteiger partial charge >= 0.3 is 6.18 Å². The molecule has 37 heavy (non-hydrogen) atoms. The Balaban J connectivity index is 2.01. The van der Waals surface area contributed by atoms with Crippen molar-refractivity contribution in [2.24, 2.45) is 0 Å². The summed E-state index contributed by atoms with van der Waals surface area (Å²) in [6.07, 6.45) is -4.74. The molecule has 1 amide bonds. The Hall–Kier alpha value is -3.44. The molecule has 0 heterocycles. The molecule has 1 N–H and O–H groups in total. The summed E-state index contributed by atoms with van der Waals surface area (Å²) < 4.78 is 78.7. The number of carbonyl (C=O) groups excluding carboxylic acids is 1. The summed E-state index contributed by atoms with van der Waals surface area (Å²) in [7, 11) is -3.05. The number of ether oxygens (including phenoxy) is 2. The van der Waals surface area contributed by atoms with Crippen LogP contribution in [0.25, 0.3) is 0 Å². The van der Waals surface area contributed by atoms with E-state index in [9.17, 15) is 26.4 Å². The van der Waals surface area contributed by atoms with Crippen LogP contribution in [0.15, 0.2) is 65.6 Å². The normalized spacial score (nSPS) is 11.6. The van der Waals surface area contributed by atoms with Gasteiger partial charge in [-0.2, -0.15) is 13.2 Å². The van der Waals surface area contributed by atoms with Gasteiger partial charge in [0.05, 0.1) is 30.0 Å². The molecule has 0 spiro atoms. The molecule has 3 aromatic rings. The summed E-state index contributed by atoms with van der Waals surface area (Å²) in [6, 6.07) is 13.4. The average molecular weight is 557 g/mol. The average Bonchev–Trinajstić information content (AvgIpc) is 2.84. The first-order chi connectivity index (χ1) is 17.4. The minimum Gasteiger partial charge on any atom is -0.495 e. The number of benzene rings is 3. The number of alkyl halides is 3. The summed E-state index contributed by atoms with van der Waals surface area (Å²) >= 11 is 5.64. The highest BCUT2D eigenvalue weighted by Gasteiger charge is 2.34. The van der Waals surface area contributed by atoms with Crippen molar-refractivity contribution in [3.63, 3.8) is 0 Å². The number of halogens is 4. The third kappa shape index (κ3) is 6.66. The molecule has 0 aliphatic rings. The van der Waals surface area contributed by atoms with E-state index in [1.807, 2.05) is 0 Å². The number of hydrogen-bond acceptors (Lipinski definition) is 5. The smallest absolute Gasteiger partial charge is 0.417 e. The van der Waals surface area contributed by atoms with Crippen molar-refractivity contribution in [3.05, 3.63) is 76.8 Å². The summed E-state index contributed by atoms with van der Waals surface area (Å²) in [5, 5.41) is 1.79. The molecule has 7 nitrogen and oxygen atoms in total. The second kappa shape index (κ2) is 11.3. The Bertz CT molecular complexity index is 1380. The topological polar surface area (TPSA) is 84.9 Å². The number of hydrogen-bond donors (Lipinski definition) is 1. The van der Waals surface area contributed by atoms with Crippen molar-refractivity contribution >= 4 is 38.9 Å². The van der Waals surface area contributed by atoms with E-state index in [4.69, 9.17) is 21.1 Å². The van der Waals surface area contributed by atoms with Crippen molar-refractivity contribution in [1.29, 1.82) is 0 Å². The molecule has 3 aromatic carbocycles. The van der Waals surface area contributed by atoms with Gasteiger partial charge in [-0.3, -0.25) is 9.10 Å². The van der Waals surface area contributed by atoms with Crippen LogP contribution in [0, 0.1) is 6.92 Å². The lowest BCUT2D eigenvalue weighted by molar-refractivity contribution is -0.137.